The lowest BCUT2D eigenvalue weighted by molar-refractivity contribution is -0.143. The minimum Gasteiger partial charge on any atom is -0.465 e. The minimum absolute atomic E-state index is 0.125. The number of carbonyl (C=O) groups excluding carboxylic acids is 1. The molecule has 106 valence electrons. The van der Waals surface area contributed by atoms with Crippen LogP contribution in [0.5, 0.6) is 0 Å². The molecule has 0 bridgehead atoms. The summed E-state index contributed by atoms with van der Waals surface area (Å²) in [6, 6.07) is 7.24. The lowest BCUT2D eigenvalue weighted by Gasteiger charge is -2.16. The normalized spacial score (nSPS) is 11.6. The third kappa shape index (κ3) is 5.45. The molecule has 0 aromatic heterocycles. The highest BCUT2D eigenvalue weighted by Gasteiger charge is 2.21. The first-order chi connectivity index (χ1) is 8.85. The van der Waals surface area contributed by atoms with Gasteiger partial charge in [-0.3, -0.25) is 4.79 Å². The van der Waals surface area contributed by atoms with Gasteiger partial charge in [-0.2, -0.15) is 4.31 Å². The maximum atomic E-state index is 12.1. The molecule has 0 aliphatic rings. The fourth-order valence-corrected chi connectivity index (χ4v) is 3.17. The minimum atomic E-state index is -3.51. The number of esters is 1. The lowest BCUT2D eigenvalue weighted by atomic mass is 10.2. The molecule has 0 spiro atoms. The fourth-order valence-electron chi connectivity index (χ4n) is 1.43. The highest BCUT2D eigenvalue weighted by Crippen LogP contribution is 2.13. The molecular formula is C12H16INO4S. The van der Waals surface area contributed by atoms with Gasteiger partial charge < -0.3 is 4.74 Å². The van der Waals surface area contributed by atoms with Gasteiger partial charge in [0.2, 0.25) is 10.0 Å². The topological polar surface area (TPSA) is 63.7 Å². The number of halogens is 1. The summed E-state index contributed by atoms with van der Waals surface area (Å²) < 4.78 is 30.9. The smallest absolute Gasteiger partial charge is 0.321 e. The molecule has 1 aromatic rings. The second-order valence-corrected chi connectivity index (χ2v) is 7.27. The standard InChI is InChI=1S/C12H16INO4S/c1-3-18-12(15)8-14(2)19(16,17)9-10-5-4-6-11(13)7-10/h4-7H,3,8-9H2,1-2H3. The summed E-state index contributed by atoms with van der Waals surface area (Å²) in [6.45, 7) is 1.65. The Morgan fingerprint density at radius 3 is 2.68 bits per heavy atom. The van der Waals surface area contributed by atoms with Crippen molar-refractivity contribution in [1.82, 2.24) is 4.31 Å². The molecule has 1 rings (SSSR count). The van der Waals surface area contributed by atoms with Gasteiger partial charge in [-0.15, -0.1) is 0 Å². The van der Waals surface area contributed by atoms with Crippen molar-refractivity contribution in [3.05, 3.63) is 33.4 Å². The summed E-state index contributed by atoms with van der Waals surface area (Å²) in [7, 11) is -2.14. The first-order valence-electron chi connectivity index (χ1n) is 5.69. The van der Waals surface area contributed by atoms with Crippen LogP contribution in [0.1, 0.15) is 12.5 Å². The molecule has 0 saturated heterocycles. The highest BCUT2D eigenvalue weighted by molar-refractivity contribution is 14.1. The third-order valence-corrected chi connectivity index (χ3v) is 4.82. The SMILES string of the molecule is CCOC(=O)CN(C)S(=O)(=O)Cc1cccc(I)c1. The van der Waals surface area contributed by atoms with Gasteiger partial charge in [0.05, 0.1) is 12.4 Å². The van der Waals surface area contributed by atoms with E-state index >= 15 is 0 Å². The summed E-state index contributed by atoms with van der Waals surface area (Å²) in [5.74, 6) is -0.670. The van der Waals surface area contributed by atoms with Crippen LogP contribution in [0.25, 0.3) is 0 Å². The Morgan fingerprint density at radius 2 is 2.11 bits per heavy atom. The van der Waals surface area contributed by atoms with Crippen molar-refractivity contribution in [2.75, 3.05) is 20.2 Å². The fraction of sp³-hybridized carbons (Fsp3) is 0.417. The molecule has 19 heavy (non-hydrogen) atoms. The van der Waals surface area contributed by atoms with E-state index in [2.05, 4.69) is 22.6 Å². The number of rotatable bonds is 6. The molecule has 0 aliphatic heterocycles. The van der Waals surface area contributed by atoms with Crippen molar-refractivity contribution in [3.8, 4) is 0 Å². The first kappa shape index (κ1) is 16.4. The first-order valence-corrected chi connectivity index (χ1v) is 8.38. The summed E-state index contributed by atoms with van der Waals surface area (Å²) in [5, 5.41) is 0. The number of hydrogen-bond acceptors (Lipinski definition) is 4. The number of nitrogens with zero attached hydrogens (tertiary/aromatic N) is 1. The van der Waals surface area contributed by atoms with Crippen molar-refractivity contribution in [1.29, 1.82) is 0 Å². The molecule has 0 heterocycles. The summed E-state index contributed by atoms with van der Waals surface area (Å²) in [5.41, 5.74) is 0.697. The van der Waals surface area contributed by atoms with E-state index in [1.54, 1.807) is 25.1 Å². The summed E-state index contributed by atoms with van der Waals surface area (Å²) >= 11 is 2.12. The monoisotopic (exact) mass is 397 g/mol. The van der Waals surface area contributed by atoms with Crippen LogP contribution in [-0.2, 0) is 25.3 Å². The van der Waals surface area contributed by atoms with Gasteiger partial charge in [0.15, 0.2) is 0 Å². The molecule has 0 saturated carbocycles. The van der Waals surface area contributed by atoms with E-state index in [9.17, 15) is 13.2 Å². The zero-order valence-electron chi connectivity index (χ0n) is 10.8. The Labute approximate surface area is 127 Å². The zero-order chi connectivity index (χ0) is 14.5. The average Bonchev–Trinajstić information content (AvgIpc) is 2.28. The molecule has 0 aliphatic carbocycles. The molecule has 0 unspecified atom stereocenters. The van der Waals surface area contributed by atoms with Gasteiger partial charge in [-0.05, 0) is 47.2 Å². The van der Waals surface area contributed by atoms with E-state index in [0.717, 1.165) is 7.88 Å². The van der Waals surface area contributed by atoms with E-state index in [4.69, 9.17) is 4.74 Å². The molecule has 0 fully saturated rings. The Hall–Kier alpha value is -0.670. The van der Waals surface area contributed by atoms with Gasteiger partial charge in [0.1, 0.15) is 6.54 Å². The van der Waals surface area contributed by atoms with Gasteiger partial charge in [0, 0.05) is 10.6 Å². The van der Waals surface area contributed by atoms with Crippen molar-refractivity contribution < 1.29 is 17.9 Å². The van der Waals surface area contributed by atoms with E-state index in [1.807, 2.05) is 6.07 Å². The van der Waals surface area contributed by atoms with E-state index in [-0.39, 0.29) is 18.9 Å². The maximum absolute atomic E-state index is 12.1. The van der Waals surface area contributed by atoms with Crippen LogP contribution in [0.3, 0.4) is 0 Å². The maximum Gasteiger partial charge on any atom is 0.321 e. The Kier molecular flexibility index (Phi) is 6.21. The van der Waals surface area contributed by atoms with Crippen molar-refractivity contribution in [2.24, 2.45) is 0 Å². The summed E-state index contributed by atoms with van der Waals surface area (Å²) in [6.07, 6.45) is 0. The number of likely N-dealkylation sites (N-methyl/N-ethyl adjacent to an activating group) is 1. The van der Waals surface area contributed by atoms with Crippen LogP contribution in [0, 0.1) is 3.57 Å². The molecule has 7 heteroatoms. The molecule has 5 nitrogen and oxygen atoms in total. The molecular weight excluding hydrogens is 381 g/mol. The summed E-state index contributed by atoms with van der Waals surface area (Å²) in [4.78, 5) is 11.3. The Balaban J connectivity index is 2.72. The van der Waals surface area contributed by atoms with Gasteiger partial charge in [-0.25, -0.2) is 8.42 Å². The van der Waals surface area contributed by atoms with E-state index in [1.165, 1.54) is 7.05 Å². The number of ether oxygens (including phenoxy) is 1. The van der Waals surface area contributed by atoms with Crippen LogP contribution in [0.4, 0.5) is 0 Å². The van der Waals surface area contributed by atoms with E-state index in [0.29, 0.717) is 5.56 Å². The number of sulfonamides is 1. The predicted molar refractivity (Wildman–Crippen MR) is 81.0 cm³/mol. The van der Waals surface area contributed by atoms with Crippen molar-refractivity contribution >= 4 is 38.6 Å². The van der Waals surface area contributed by atoms with Crippen molar-refractivity contribution in [3.63, 3.8) is 0 Å². The number of carbonyl (C=O) groups is 1. The third-order valence-electron chi connectivity index (χ3n) is 2.37. The van der Waals surface area contributed by atoms with Gasteiger partial charge in [-0.1, -0.05) is 12.1 Å². The Morgan fingerprint density at radius 1 is 1.42 bits per heavy atom. The molecule has 0 radical (unpaired) electrons. The van der Waals surface area contributed by atoms with Gasteiger partial charge >= 0.3 is 5.97 Å². The van der Waals surface area contributed by atoms with E-state index < -0.39 is 16.0 Å². The largest absolute Gasteiger partial charge is 0.465 e. The average molecular weight is 397 g/mol. The molecule has 1 aromatic carbocycles. The van der Waals surface area contributed by atoms with Crippen LogP contribution in [0.2, 0.25) is 0 Å². The number of hydrogen-bond donors (Lipinski definition) is 0. The Bertz CT molecular complexity index is 544. The quantitative estimate of drug-likeness (QED) is 0.541. The second-order valence-electron chi connectivity index (χ2n) is 3.95. The zero-order valence-corrected chi connectivity index (χ0v) is 13.8. The van der Waals surface area contributed by atoms with Gasteiger partial charge in [0.25, 0.3) is 0 Å². The van der Waals surface area contributed by atoms with Crippen LogP contribution in [-0.4, -0.2) is 38.9 Å². The van der Waals surface area contributed by atoms with Crippen LogP contribution >= 0.6 is 22.6 Å². The second kappa shape index (κ2) is 7.20. The number of benzene rings is 1. The molecule has 0 atom stereocenters. The van der Waals surface area contributed by atoms with Crippen molar-refractivity contribution in [2.45, 2.75) is 12.7 Å². The van der Waals surface area contributed by atoms with Crippen LogP contribution in [0.15, 0.2) is 24.3 Å². The predicted octanol–water partition coefficient (Wildman–Crippen LogP) is 1.62. The molecule has 0 amide bonds. The highest BCUT2D eigenvalue weighted by atomic mass is 127. The van der Waals surface area contributed by atoms with Crippen LogP contribution < -0.4 is 0 Å². The molecule has 0 N–H and O–H groups in total. The lowest BCUT2D eigenvalue weighted by Crippen LogP contribution is -2.34.